The quantitative estimate of drug-likeness (QED) is 0.409. The first-order valence-corrected chi connectivity index (χ1v) is 7.05. The lowest BCUT2D eigenvalue weighted by atomic mass is 10.1. The van der Waals surface area contributed by atoms with Gasteiger partial charge in [0, 0.05) is 12.5 Å². The normalized spacial score (nSPS) is 10.3. The first-order valence-electron chi connectivity index (χ1n) is 4.38. The van der Waals surface area contributed by atoms with Gasteiger partial charge in [-0.2, -0.15) is 0 Å². The third-order valence-corrected chi connectivity index (χ3v) is 5.04. The zero-order valence-electron chi connectivity index (χ0n) is 7.68. The largest absolute Gasteiger partial charge is 0.0622 e. The van der Waals surface area contributed by atoms with E-state index in [-0.39, 0.29) is 0 Å². The van der Waals surface area contributed by atoms with Crippen LogP contribution in [0.3, 0.4) is 0 Å². The Morgan fingerprint density at radius 1 is 0.867 bits per heavy atom. The first-order chi connectivity index (χ1) is 7.18. The average Bonchev–Trinajstić information content (AvgIpc) is 2.25. The van der Waals surface area contributed by atoms with Crippen molar-refractivity contribution in [2.24, 2.45) is 0 Å². The number of benzene rings is 2. The SMILES string of the molecule is Brc1cc(-c2ccccc2)c(Br)cc1I. The highest BCUT2D eigenvalue weighted by Crippen LogP contribution is 2.33. The molecule has 76 valence electrons. The zero-order valence-corrected chi connectivity index (χ0v) is 13.0. The fourth-order valence-corrected chi connectivity index (χ4v) is 3.17. The Morgan fingerprint density at radius 2 is 1.53 bits per heavy atom. The molecule has 0 N–H and O–H groups in total. The lowest BCUT2D eigenvalue weighted by Crippen LogP contribution is -1.82. The topological polar surface area (TPSA) is 0 Å². The molecule has 0 atom stereocenters. The zero-order chi connectivity index (χ0) is 10.8. The number of hydrogen-bond acceptors (Lipinski definition) is 0. The van der Waals surface area contributed by atoms with Crippen LogP contribution < -0.4 is 0 Å². The highest BCUT2D eigenvalue weighted by atomic mass is 127. The second-order valence-electron chi connectivity index (χ2n) is 3.11. The molecular formula is C12H7Br2I. The molecule has 0 saturated carbocycles. The predicted octanol–water partition coefficient (Wildman–Crippen LogP) is 5.48. The standard InChI is InChI=1S/C12H7Br2I/c13-10-7-12(15)11(14)6-9(10)8-4-2-1-3-5-8/h1-7H. The van der Waals surface area contributed by atoms with E-state index in [9.17, 15) is 0 Å². The van der Waals surface area contributed by atoms with Gasteiger partial charge in [0.2, 0.25) is 0 Å². The van der Waals surface area contributed by atoms with Gasteiger partial charge in [-0.05, 0) is 61.8 Å². The molecule has 0 fully saturated rings. The van der Waals surface area contributed by atoms with Gasteiger partial charge in [-0.15, -0.1) is 0 Å². The van der Waals surface area contributed by atoms with E-state index in [0.717, 1.165) is 8.95 Å². The summed E-state index contributed by atoms with van der Waals surface area (Å²) in [5.74, 6) is 0. The molecule has 0 radical (unpaired) electrons. The van der Waals surface area contributed by atoms with Gasteiger partial charge in [-0.25, -0.2) is 0 Å². The van der Waals surface area contributed by atoms with Gasteiger partial charge in [0.05, 0.1) is 0 Å². The molecule has 0 heterocycles. The van der Waals surface area contributed by atoms with Crippen molar-refractivity contribution in [2.45, 2.75) is 0 Å². The fourth-order valence-electron chi connectivity index (χ4n) is 1.36. The minimum atomic E-state index is 1.13. The summed E-state index contributed by atoms with van der Waals surface area (Å²) in [5, 5.41) is 0. The van der Waals surface area contributed by atoms with Gasteiger partial charge < -0.3 is 0 Å². The summed E-state index contributed by atoms with van der Waals surface area (Å²) in [5.41, 5.74) is 2.43. The van der Waals surface area contributed by atoms with Crippen LogP contribution in [-0.2, 0) is 0 Å². The van der Waals surface area contributed by atoms with E-state index in [4.69, 9.17) is 0 Å². The molecule has 0 aliphatic rings. The van der Waals surface area contributed by atoms with Crippen molar-refractivity contribution >= 4 is 54.5 Å². The molecule has 0 aliphatic heterocycles. The summed E-state index contributed by atoms with van der Waals surface area (Å²) in [6.45, 7) is 0. The Labute approximate surface area is 119 Å². The fraction of sp³-hybridized carbons (Fsp3) is 0. The van der Waals surface area contributed by atoms with E-state index >= 15 is 0 Å². The lowest BCUT2D eigenvalue weighted by Gasteiger charge is -2.06. The summed E-state index contributed by atoms with van der Waals surface area (Å²) in [6.07, 6.45) is 0. The maximum atomic E-state index is 3.59. The van der Waals surface area contributed by atoms with Crippen LogP contribution in [0.2, 0.25) is 0 Å². The predicted molar refractivity (Wildman–Crippen MR) is 80.0 cm³/mol. The molecule has 0 bridgehead atoms. The smallest absolute Gasteiger partial charge is 0.0315 e. The van der Waals surface area contributed by atoms with Crippen LogP contribution in [0.5, 0.6) is 0 Å². The van der Waals surface area contributed by atoms with Gasteiger partial charge in [0.1, 0.15) is 0 Å². The van der Waals surface area contributed by atoms with Crippen LogP contribution in [0.25, 0.3) is 11.1 Å². The first kappa shape index (κ1) is 11.6. The molecule has 0 aliphatic carbocycles. The molecule has 0 saturated heterocycles. The Hall–Kier alpha value is 0.130. The van der Waals surface area contributed by atoms with Crippen molar-refractivity contribution in [3.8, 4) is 11.1 Å². The third kappa shape index (κ3) is 2.63. The highest BCUT2D eigenvalue weighted by Gasteiger charge is 2.06. The Balaban J connectivity index is 2.59. The summed E-state index contributed by atoms with van der Waals surface area (Å²) in [6, 6.07) is 14.6. The molecule has 3 heteroatoms. The van der Waals surface area contributed by atoms with Crippen LogP contribution >= 0.6 is 54.5 Å². The van der Waals surface area contributed by atoms with E-state index in [0.29, 0.717) is 0 Å². The van der Waals surface area contributed by atoms with Crippen molar-refractivity contribution in [1.29, 1.82) is 0 Å². The summed E-state index contributed by atoms with van der Waals surface area (Å²) in [7, 11) is 0. The molecule has 0 unspecified atom stereocenters. The Morgan fingerprint density at radius 3 is 2.20 bits per heavy atom. The number of halogens is 3. The van der Waals surface area contributed by atoms with Gasteiger partial charge in [0.25, 0.3) is 0 Å². The van der Waals surface area contributed by atoms with Crippen LogP contribution in [0.1, 0.15) is 0 Å². The maximum absolute atomic E-state index is 3.59. The second-order valence-corrected chi connectivity index (χ2v) is 5.98. The van der Waals surface area contributed by atoms with Gasteiger partial charge in [0.15, 0.2) is 0 Å². The molecule has 2 aromatic rings. The van der Waals surface area contributed by atoms with E-state index < -0.39 is 0 Å². The molecule has 0 aromatic heterocycles. The van der Waals surface area contributed by atoms with Crippen molar-refractivity contribution < 1.29 is 0 Å². The third-order valence-electron chi connectivity index (χ3n) is 2.09. The van der Waals surface area contributed by atoms with Gasteiger partial charge >= 0.3 is 0 Å². The molecule has 2 rings (SSSR count). The molecular weight excluding hydrogens is 431 g/mol. The van der Waals surface area contributed by atoms with Gasteiger partial charge in [-0.1, -0.05) is 46.3 Å². The van der Waals surface area contributed by atoms with Gasteiger partial charge in [-0.3, -0.25) is 0 Å². The summed E-state index contributed by atoms with van der Waals surface area (Å²) >= 11 is 9.45. The van der Waals surface area contributed by atoms with Crippen LogP contribution in [0.15, 0.2) is 51.4 Å². The molecule has 0 amide bonds. The van der Waals surface area contributed by atoms with Crippen molar-refractivity contribution in [3.05, 3.63) is 55.0 Å². The van der Waals surface area contributed by atoms with Crippen LogP contribution in [-0.4, -0.2) is 0 Å². The maximum Gasteiger partial charge on any atom is 0.0315 e. The monoisotopic (exact) mass is 436 g/mol. The minimum absolute atomic E-state index is 1.13. The lowest BCUT2D eigenvalue weighted by molar-refractivity contribution is 1.52. The summed E-state index contributed by atoms with van der Waals surface area (Å²) < 4.78 is 3.46. The van der Waals surface area contributed by atoms with E-state index in [2.05, 4.69) is 78.7 Å². The van der Waals surface area contributed by atoms with Crippen molar-refractivity contribution in [2.75, 3.05) is 0 Å². The summed E-state index contributed by atoms with van der Waals surface area (Å²) in [4.78, 5) is 0. The number of rotatable bonds is 1. The van der Waals surface area contributed by atoms with E-state index in [1.165, 1.54) is 14.7 Å². The molecule has 15 heavy (non-hydrogen) atoms. The van der Waals surface area contributed by atoms with E-state index in [1.807, 2.05) is 18.2 Å². The molecule has 0 spiro atoms. The van der Waals surface area contributed by atoms with Crippen LogP contribution in [0, 0.1) is 3.57 Å². The van der Waals surface area contributed by atoms with Crippen molar-refractivity contribution in [1.82, 2.24) is 0 Å². The highest BCUT2D eigenvalue weighted by molar-refractivity contribution is 14.1. The van der Waals surface area contributed by atoms with E-state index in [1.54, 1.807) is 0 Å². The second kappa shape index (κ2) is 4.97. The minimum Gasteiger partial charge on any atom is -0.0622 e. The van der Waals surface area contributed by atoms with Crippen molar-refractivity contribution in [3.63, 3.8) is 0 Å². The average molecular weight is 438 g/mol. The number of hydrogen-bond donors (Lipinski definition) is 0. The van der Waals surface area contributed by atoms with Crippen LogP contribution in [0.4, 0.5) is 0 Å². The molecule has 0 nitrogen and oxygen atoms in total. The molecule has 2 aromatic carbocycles. The Kier molecular flexibility index (Phi) is 3.85. The Bertz CT molecular complexity index is 480.